The van der Waals surface area contributed by atoms with Gasteiger partial charge in [-0.25, -0.2) is 0 Å². The van der Waals surface area contributed by atoms with Gasteiger partial charge in [-0.2, -0.15) is 0 Å². The highest BCUT2D eigenvalue weighted by Gasteiger charge is 2.10. The van der Waals surface area contributed by atoms with E-state index in [-0.39, 0.29) is 5.43 Å². The van der Waals surface area contributed by atoms with E-state index < -0.39 is 0 Å². The van der Waals surface area contributed by atoms with E-state index in [0.29, 0.717) is 16.2 Å². The standard InChI is InChI=1S/C14H9ClO2S/c1-17-11-7-8(15)6-10-13(16)9-4-2-3-5-12(9)18-14(10)11/h2-7H,1H3. The van der Waals surface area contributed by atoms with Crippen molar-refractivity contribution in [2.75, 3.05) is 7.11 Å². The highest BCUT2D eigenvalue weighted by molar-refractivity contribution is 7.24. The minimum atomic E-state index is 0.000139. The van der Waals surface area contributed by atoms with Gasteiger partial charge in [-0.1, -0.05) is 23.7 Å². The van der Waals surface area contributed by atoms with E-state index in [0.717, 1.165) is 14.8 Å². The molecule has 0 aliphatic rings. The van der Waals surface area contributed by atoms with Crippen molar-refractivity contribution in [3.8, 4) is 5.75 Å². The molecule has 0 aliphatic carbocycles. The predicted octanol–water partition coefficient (Wildman–Crippen LogP) is 4.08. The van der Waals surface area contributed by atoms with Gasteiger partial charge in [-0.3, -0.25) is 4.79 Å². The second-order valence-electron chi connectivity index (χ2n) is 3.91. The molecular formula is C14H9ClO2S. The number of halogens is 1. The van der Waals surface area contributed by atoms with E-state index in [1.807, 2.05) is 24.3 Å². The molecule has 2 aromatic carbocycles. The average Bonchev–Trinajstić information content (AvgIpc) is 2.39. The maximum Gasteiger partial charge on any atom is 0.196 e. The quantitative estimate of drug-likeness (QED) is 0.626. The number of benzene rings is 2. The minimum Gasteiger partial charge on any atom is -0.495 e. The number of ether oxygens (including phenoxy) is 1. The first kappa shape index (κ1) is 11.5. The molecule has 0 unspecified atom stereocenters. The molecule has 1 heterocycles. The van der Waals surface area contributed by atoms with Crippen molar-refractivity contribution >= 4 is 43.1 Å². The molecule has 0 bridgehead atoms. The van der Waals surface area contributed by atoms with Crippen molar-refractivity contribution in [1.82, 2.24) is 0 Å². The van der Waals surface area contributed by atoms with Crippen LogP contribution in [0.3, 0.4) is 0 Å². The second-order valence-corrected chi connectivity index (χ2v) is 5.40. The normalized spacial score (nSPS) is 11.0. The summed E-state index contributed by atoms with van der Waals surface area (Å²) >= 11 is 7.55. The third kappa shape index (κ3) is 1.67. The van der Waals surface area contributed by atoms with Crippen LogP contribution in [0.5, 0.6) is 5.75 Å². The number of hydrogen-bond donors (Lipinski definition) is 0. The summed E-state index contributed by atoms with van der Waals surface area (Å²) in [6, 6.07) is 11.0. The van der Waals surface area contributed by atoms with E-state index >= 15 is 0 Å². The highest BCUT2D eigenvalue weighted by Crippen LogP contribution is 2.34. The van der Waals surface area contributed by atoms with E-state index in [9.17, 15) is 4.79 Å². The fourth-order valence-electron chi connectivity index (χ4n) is 1.99. The minimum absolute atomic E-state index is 0.000139. The van der Waals surface area contributed by atoms with E-state index in [2.05, 4.69) is 0 Å². The van der Waals surface area contributed by atoms with Gasteiger partial charge in [0.2, 0.25) is 0 Å². The molecule has 0 fully saturated rings. The first-order valence-corrected chi connectivity index (χ1v) is 6.59. The lowest BCUT2D eigenvalue weighted by Gasteiger charge is -2.06. The average molecular weight is 277 g/mol. The van der Waals surface area contributed by atoms with Crippen LogP contribution < -0.4 is 10.2 Å². The molecule has 4 heteroatoms. The molecule has 0 amide bonds. The molecule has 0 spiro atoms. The Balaban J connectivity index is 2.59. The van der Waals surface area contributed by atoms with E-state index in [1.54, 1.807) is 30.6 Å². The maximum atomic E-state index is 12.4. The number of methoxy groups -OCH3 is 1. The van der Waals surface area contributed by atoms with Crippen molar-refractivity contribution in [2.45, 2.75) is 0 Å². The van der Waals surface area contributed by atoms with E-state index in [1.165, 1.54) is 0 Å². The third-order valence-electron chi connectivity index (χ3n) is 2.83. The Kier molecular flexibility index (Phi) is 2.73. The predicted molar refractivity (Wildman–Crippen MR) is 77.2 cm³/mol. The molecule has 0 aliphatic heterocycles. The van der Waals surface area contributed by atoms with Crippen LogP contribution in [0.4, 0.5) is 0 Å². The van der Waals surface area contributed by atoms with Crippen molar-refractivity contribution in [1.29, 1.82) is 0 Å². The van der Waals surface area contributed by atoms with Gasteiger partial charge in [0.15, 0.2) is 5.43 Å². The Morgan fingerprint density at radius 1 is 1.17 bits per heavy atom. The zero-order chi connectivity index (χ0) is 12.7. The van der Waals surface area contributed by atoms with Crippen LogP contribution in [0, 0.1) is 0 Å². The van der Waals surface area contributed by atoms with Gasteiger partial charge in [-0.05, 0) is 18.2 Å². The van der Waals surface area contributed by atoms with Crippen LogP contribution in [0.15, 0.2) is 41.2 Å². The second kappa shape index (κ2) is 4.26. The van der Waals surface area contributed by atoms with Gasteiger partial charge in [0.1, 0.15) is 5.75 Å². The van der Waals surface area contributed by atoms with Crippen LogP contribution >= 0.6 is 22.9 Å². The van der Waals surface area contributed by atoms with Gasteiger partial charge < -0.3 is 4.74 Å². The molecule has 3 aromatic rings. The molecule has 18 heavy (non-hydrogen) atoms. The SMILES string of the molecule is COc1cc(Cl)cc2c(=O)c3ccccc3sc12. The summed E-state index contributed by atoms with van der Waals surface area (Å²) in [6.07, 6.45) is 0. The summed E-state index contributed by atoms with van der Waals surface area (Å²) in [6.45, 7) is 0. The zero-order valence-electron chi connectivity index (χ0n) is 9.57. The summed E-state index contributed by atoms with van der Waals surface area (Å²) in [5.41, 5.74) is 0.000139. The lowest BCUT2D eigenvalue weighted by molar-refractivity contribution is 0.420. The largest absolute Gasteiger partial charge is 0.495 e. The van der Waals surface area contributed by atoms with Crippen LogP contribution in [0.1, 0.15) is 0 Å². The monoisotopic (exact) mass is 276 g/mol. The van der Waals surface area contributed by atoms with Crippen LogP contribution in [-0.4, -0.2) is 7.11 Å². The van der Waals surface area contributed by atoms with Gasteiger partial charge in [0.05, 0.1) is 11.8 Å². The summed E-state index contributed by atoms with van der Waals surface area (Å²) in [5, 5.41) is 1.85. The molecule has 2 nitrogen and oxygen atoms in total. The van der Waals surface area contributed by atoms with Crippen LogP contribution in [0.25, 0.3) is 20.2 Å². The van der Waals surface area contributed by atoms with Crippen molar-refractivity contribution in [3.63, 3.8) is 0 Å². The molecule has 0 radical (unpaired) electrons. The number of fused-ring (bicyclic) bond motifs is 2. The highest BCUT2D eigenvalue weighted by atomic mass is 35.5. The summed E-state index contributed by atoms with van der Waals surface area (Å²) in [5.74, 6) is 0.644. The Morgan fingerprint density at radius 3 is 2.72 bits per heavy atom. The fourth-order valence-corrected chi connectivity index (χ4v) is 3.34. The molecule has 0 saturated carbocycles. The van der Waals surface area contributed by atoms with Crippen molar-refractivity contribution in [2.24, 2.45) is 0 Å². The summed E-state index contributed by atoms with van der Waals surface area (Å²) < 4.78 is 7.09. The number of hydrogen-bond acceptors (Lipinski definition) is 3. The Hall–Kier alpha value is -1.58. The van der Waals surface area contributed by atoms with Crippen LogP contribution in [0.2, 0.25) is 5.02 Å². The lowest BCUT2D eigenvalue weighted by atomic mass is 10.2. The van der Waals surface area contributed by atoms with Crippen molar-refractivity contribution in [3.05, 3.63) is 51.6 Å². The molecule has 0 N–H and O–H groups in total. The van der Waals surface area contributed by atoms with Gasteiger partial charge >= 0.3 is 0 Å². The molecule has 3 rings (SSSR count). The van der Waals surface area contributed by atoms with Gasteiger partial charge in [0.25, 0.3) is 0 Å². The fraction of sp³-hybridized carbons (Fsp3) is 0.0714. The molecule has 90 valence electrons. The molecular weight excluding hydrogens is 268 g/mol. The number of rotatable bonds is 1. The van der Waals surface area contributed by atoms with Gasteiger partial charge in [0, 0.05) is 26.6 Å². The molecule has 0 atom stereocenters. The zero-order valence-corrected chi connectivity index (χ0v) is 11.1. The Bertz CT molecular complexity index is 808. The maximum absolute atomic E-state index is 12.4. The summed E-state index contributed by atoms with van der Waals surface area (Å²) in [4.78, 5) is 12.4. The Morgan fingerprint density at radius 2 is 1.94 bits per heavy atom. The first-order valence-electron chi connectivity index (χ1n) is 5.40. The van der Waals surface area contributed by atoms with Crippen LogP contribution in [-0.2, 0) is 0 Å². The molecule has 0 saturated heterocycles. The lowest BCUT2D eigenvalue weighted by Crippen LogP contribution is -2.01. The Labute approximate surface area is 112 Å². The molecule has 1 aromatic heterocycles. The summed E-state index contributed by atoms with van der Waals surface area (Å²) in [7, 11) is 1.58. The topological polar surface area (TPSA) is 26.3 Å². The smallest absolute Gasteiger partial charge is 0.196 e. The first-order chi connectivity index (χ1) is 8.70. The van der Waals surface area contributed by atoms with Gasteiger partial charge in [-0.15, -0.1) is 11.3 Å². The third-order valence-corrected chi connectivity index (χ3v) is 4.25. The van der Waals surface area contributed by atoms with Crippen molar-refractivity contribution < 1.29 is 4.74 Å². The van der Waals surface area contributed by atoms with E-state index in [4.69, 9.17) is 16.3 Å².